The van der Waals surface area contributed by atoms with Crippen molar-refractivity contribution in [1.82, 2.24) is 0 Å². The summed E-state index contributed by atoms with van der Waals surface area (Å²) in [4.78, 5) is 14.6. The number of nitrogens with one attached hydrogen (secondary N) is 1. The van der Waals surface area contributed by atoms with Crippen molar-refractivity contribution in [3.63, 3.8) is 0 Å². The largest absolute Gasteiger partial charge is 0.398 e. The van der Waals surface area contributed by atoms with Gasteiger partial charge in [-0.2, -0.15) is 0 Å². The molecule has 3 N–H and O–H groups in total. The van der Waals surface area contributed by atoms with E-state index >= 15 is 0 Å². The van der Waals surface area contributed by atoms with Crippen LogP contribution in [-0.2, 0) is 11.2 Å². The third kappa shape index (κ3) is 3.17. The Labute approximate surface area is 145 Å². The van der Waals surface area contributed by atoms with Gasteiger partial charge in [-0.3, -0.25) is 4.79 Å². The molecule has 0 bridgehead atoms. The Bertz CT molecular complexity index is 781. The number of halogens is 2. The third-order valence-electron chi connectivity index (χ3n) is 4.36. The summed E-state index contributed by atoms with van der Waals surface area (Å²) in [6.07, 6.45) is 1.82. The van der Waals surface area contributed by atoms with Crippen LogP contribution < -0.4 is 16.0 Å². The first-order valence-corrected chi connectivity index (χ1v) is 8.25. The zero-order valence-corrected chi connectivity index (χ0v) is 14.1. The van der Waals surface area contributed by atoms with Crippen molar-refractivity contribution in [3.05, 3.63) is 52.8 Å². The fraction of sp³-hybridized carbons (Fsp3) is 0.278. The summed E-state index contributed by atoms with van der Waals surface area (Å²) in [7, 11) is 0. The second kappa shape index (κ2) is 6.69. The molecule has 1 atom stereocenters. The molecule has 0 aliphatic carbocycles. The second-order valence-electron chi connectivity index (χ2n) is 5.93. The van der Waals surface area contributed by atoms with Crippen molar-refractivity contribution in [2.45, 2.75) is 25.8 Å². The first-order chi connectivity index (χ1) is 11.5. The molecule has 1 unspecified atom stereocenters. The number of hydrogen-bond donors (Lipinski definition) is 2. The summed E-state index contributed by atoms with van der Waals surface area (Å²) >= 11 is 5.87. The normalized spacial score (nSPS) is 14.9. The van der Waals surface area contributed by atoms with Crippen LogP contribution in [0.2, 0.25) is 5.02 Å². The molecule has 1 aliphatic heterocycles. The SMILES string of the molecule is CC(C(=O)Nc1cc(Cl)ccc1F)N1CCCc2c(N)cccc21. The van der Waals surface area contributed by atoms with Gasteiger partial charge in [-0.05, 0) is 55.7 Å². The number of benzene rings is 2. The molecule has 1 aliphatic rings. The number of nitrogens with zero attached hydrogens (tertiary/aromatic N) is 1. The zero-order valence-electron chi connectivity index (χ0n) is 13.4. The van der Waals surface area contributed by atoms with Crippen molar-refractivity contribution in [2.75, 3.05) is 22.5 Å². The lowest BCUT2D eigenvalue weighted by molar-refractivity contribution is -0.117. The highest BCUT2D eigenvalue weighted by atomic mass is 35.5. The Morgan fingerprint density at radius 1 is 1.38 bits per heavy atom. The van der Waals surface area contributed by atoms with E-state index in [4.69, 9.17) is 17.3 Å². The van der Waals surface area contributed by atoms with E-state index in [2.05, 4.69) is 5.32 Å². The fourth-order valence-electron chi connectivity index (χ4n) is 3.05. The van der Waals surface area contributed by atoms with Gasteiger partial charge >= 0.3 is 0 Å². The van der Waals surface area contributed by atoms with Crippen LogP contribution in [0.25, 0.3) is 0 Å². The topological polar surface area (TPSA) is 58.4 Å². The highest BCUT2D eigenvalue weighted by Crippen LogP contribution is 2.32. The van der Waals surface area contributed by atoms with Crippen molar-refractivity contribution in [3.8, 4) is 0 Å². The van der Waals surface area contributed by atoms with E-state index in [0.29, 0.717) is 5.02 Å². The number of hydrogen-bond acceptors (Lipinski definition) is 3. The van der Waals surface area contributed by atoms with E-state index in [1.807, 2.05) is 23.1 Å². The maximum absolute atomic E-state index is 13.8. The Kier molecular flexibility index (Phi) is 4.62. The lowest BCUT2D eigenvalue weighted by Gasteiger charge is -2.36. The van der Waals surface area contributed by atoms with Gasteiger partial charge in [-0.1, -0.05) is 17.7 Å². The number of nitrogens with two attached hydrogens (primary N) is 1. The minimum atomic E-state index is -0.511. The lowest BCUT2D eigenvalue weighted by atomic mass is 9.98. The Morgan fingerprint density at radius 3 is 2.96 bits per heavy atom. The maximum atomic E-state index is 13.8. The second-order valence-corrected chi connectivity index (χ2v) is 6.37. The number of fused-ring (bicyclic) bond motifs is 1. The minimum absolute atomic E-state index is 0.0872. The van der Waals surface area contributed by atoms with Gasteiger partial charge in [0.2, 0.25) is 5.91 Å². The van der Waals surface area contributed by atoms with E-state index in [0.717, 1.165) is 36.3 Å². The van der Waals surface area contributed by atoms with Crippen LogP contribution in [0.4, 0.5) is 21.5 Å². The summed E-state index contributed by atoms with van der Waals surface area (Å²) in [6, 6.07) is 9.35. The molecule has 0 radical (unpaired) electrons. The van der Waals surface area contributed by atoms with Gasteiger partial charge in [0.05, 0.1) is 5.69 Å². The van der Waals surface area contributed by atoms with Gasteiger partial charge in [0.1, 0.15) is 11.9 Å². The molecule has 4 nitrogen and oxygen atoms in total. The average Bonchev–Trinajstić information content (AvgIpc) is 2.57. The quantitative estimate of drug-likeness (QED) is 0.829. The summed E-state index contributed by atoms with van der Waals surface area (Å²) < 4.78 is 13.8. The van der Waals surface area contributed by atoms with Gasteiger partial charge in [-0.25, -0.2) is 4.39 Å². The summed E-state index contributed by atoms with van der Waals surface area (Å²) in [5, 5.41) is 2.99. The van der Waals surface area contributed by atoms with Crippen LogP contribution in [0.3, 0.4) is 0 Å². The molecule has 126 valence electrons. The zero-order chi connectivity index (χ0) is 17.3. The highest BCUT2D eigenvalue weighted by molar-refractivity contribution is 6.30. The van der Waals surface area contributed by atoms with Crippen molar-refractivity contribution in [1.29, 1.82) is 0 Å². The van der Waals surface area contributed by atoms with E-state index in [9.17, 15) is 9.18 Å². The number of nitrogen functional groups attached to an aromatic ring is 1. The molecular weight excluding hydrogens is 329 g/mol. The first kappa shape index (κ1) is 16.6. The molecule has 0 saturated carbocycles. The number of carbonyl (C=O) groups is 1. The summed E-state index contributed by atoms with van der Waals surface area (Å²) in [6.45, 7) is 2.55. The van der Waals surface area contributed by atoms with Gasteiger partial charge in [-0.15, -0.1) is 0 Å². The number of amides is 1. The Balaban J connectivity index is 1.82. The van der Waals surface area contributed by atoms with Crippen LogP contribution in [0.15, 0.2) is 36.4 Å². The number of rotatable bonds is 3. The minimum Gasteiger partial charge on any atom is -0.398 e. The van der Waals surface area contributed by atoms with Gasteiger partial charge < -0.3 is 16.0 Å². The van der Waals surface area contributed by atoms with Crippen LogP contribution in [0.5, 0.6) is 0 Å². The predicted molar refractivity (Wildman–Crippen MR) is 96.0 cm³/mol. The highest BCUT2D eigenvalue weighted by Gasteiger charge is 2.27. The van der Waals surface area contributed by atoms with Crippen molar-refractivity contribution < 1.29 is 9.18 Å². The molecular formula is C18H19ClFN3O. The predicted octanol–water partition coefficient (Wildman–Crippen LogP) is 3.84. The molecule has 2 aromatic carbocycles. The molecule has 0 aromatic heterocycles. The molecule has 3 rings (SSSR count). The molecule has 1 amide bonds. The van der Waals surface area contributed by atoms with E-state index in [1.165, 1.54) is 18.2 Å². The van der Waals surface area contributed by atoms with Crippen LogP contribution in [0.1, 0.15) is 18.9 Å². The standard InChI is InChI=1S/C18H19ClFN3O/c1-11(18(24)22-16-10-12(19)7-8-14(16)20)23-9-3-4-13-15(21)5-2-6-17(13)23/h2,5-8,10-11H,3-4,9,21H2,1H3,(H,22,24). The smallest absolute Gasteiger partial charge is 0.246 e. The van der Waals surface area contributed by atoms with E-state index in [1.54, 1.807) is 6.92 Å². The van der Waals surface area contributed by atoms with Gasteiger partial charge in [0.15, 0.2) is 0 Å². The number of carbonyl (C=O) groups excluding carboxylic acids is 1. The molecule has 1 heterocycles. The van der Waals surface area contributed by atoms with Crippen molar-refractivity contribution in [2.24, 2.45) is 0 Å². The molecule has 6 heteroatoms. The summed E-state index contributed by atoms with van der Waals surface area (Å²) in [5.74, 6) is -0.797. The molecule has 0 saturated heterocycles. The number of anilines is 3. The van der Waals surface area contributed by atoms with E-state index < -0.39 is 11.9 Å². The molecule has 0 spiro atoms. The van der Waals surface area contributed by atoms with Gasteiger partial charge in [0.25, 0.3) is 0 Å². The summed E-state index contributed by atoms with van der Waals surface area (Å²) in [5.41, 5.74) is 8.91. The van der Waals surface area contributed by atoms with E-state index in [-0.39, 0.29) is 11.6 Å². The third-order valence-corrected chi connectivity index (χ3v) is 4.59. The Morgan fingerprint density at radius 2 is 2.17 bits per heavy atom. The molecule has 24 heavy (non-hydrogen) atoms. The van der Waals surface area contributed by atoms with Crippen LogP contribution >= 0.6 is 11.6 Å². The van der Waals surface area contributed by atoms with Gasteiger partial charge in [0, 0.05) is 22.9 Å². The lowest BCUT2D eigenvalue weighted by Crippen LogP contribution is -2.45. The fourth-order valence-corrected chi connectivity index (χ4v) is 3.23. The molecule has 0 fully saturated rings. The molecule has 2 aromatic rings. The maximum Gasteiger partial charge on any atom is 0.246 e. The van der Waals surface area contributed by atoms with Crippen LogP contribution in [-0.4, -0.2) is 18.5 Å². The first-order valence-electron chi connectivity index (χ1n) is 7.87. The van der Waals surface area contributed by atoms with Crippen LogP contribution in [0, 0.1) is 5.82 Å². The van der Waals surface area contributed by atoms with Crippen molar-refractivity contribution >= 4 is 34.6 Å². The average molecular weight is 348 g/mol. The monoisotopic (exact) mass is 347 g/mol. The Hall–Kier alpha value is -2.27.